The first-order valence-corrected chi connectivity index (χ1v) is 6.62. The van der Waals surface area contributed by atoms with Crippen molar-refractivity contribution in [2.45, 2.75) is 0 Å². The normalized spacial score (nSPS) is 15.0. The molecule has 6 nitrogen and oxygen atoms in total. The maximum Gasteiger partial charge on any atom is 0.266 e. The molecule has 1 amide bonds. The molecule has 2 N–H and O–H groups in total. The predicted molar refractivity (Wildman–Crippen MR) is 77.9 cm³/mol. The maximum atomic E-state index is 12.2. The fraction of sp³-hybridized carbons (Fsp3) is 0.267. The summed E-state index contributed by atoms with van der Waals surface area (Å²) in [5.41, 5.74) is 1.06. The minimum absolute atomic E-state index is 0.0321. The lowest BCUT2D eigenvalue weighted by Gasteiger charge is -2.27. The van der Waals surface area contributed by atoms with E-state index < -0.39 is 0 Å². The fourth-order valence-corrected chi connectivity index (χ4v) is 2.04. The van der Waals surface area contributed by atoms with E-state index in [2.05, 4.69) is 16.7 Å². The molecule has 1 fully saturated rings. The van der Waals surface area contributed by atoms with Crippen LogP contribution >= 0.6 is 0 Å². The summed E-state index contributed by atoms with van der Waals surface area (Å²) in [6, 6.07) is 10.9. The zero-order valence-electron chi connectivity index (χ0n) is 11.5. The quantitative estimate of drug-likeness (QED) is 0.632. The number of nitriles is 2. The van der Waals surface area contributed by atoms with Gasteiger partial charge in [-0.15, -0.1) is 0 Å². The van der Waals surface area contributed by atoms with E-state index in [1.165, 1.54) is 6.20 Å². The molecular formula is C15H15N5O. The molecule has 0 aromatic heterocycles. The van der Waals surface area contributed by atoms with Gasteiger partial charge in [0.25, 0.3) is 5.91 Å². The van der Waals surface area contributed by atoms with Crippen LogP contribution in [0.15, 0.2) is 36.0 Å². The van der Waals surface area contributed by atoms with Crippen molar-refractivity contribution in [1.29, 1.82) is 10.5 Å². The molecule has 0 saturated carbocycles. The van der Waals surface area contributed by atoms with E-state index in [1.54, 1.807) is 29.2 Å². The Bertz CT molecular complexity index is 632. The van der Waals surface area contributed by atoms with Gasteiger partial charge in [-0.25, -0.2) is 0 Å². The van der Waals surface area contributed by atoms with E-state index >= 15 is 0 Å². The third-order valence-electron chi connectivity index (χ3n) is 3.17. The van der Waals surface area contributed by atoms with Crippen molar-refractivity contribution in [3.63, 3.8) is 0 Å². The molecule has 0 unspecified atom stereocenters. The van der Waals surface area contributed by atoms with Gasteiger partial charge in [-0.3, -0.25) is 4.79 Å². The van der Waals surface area contributed by atoms with Crippen molar-refractivity contribution in [2.75, 3.05) is 31.5 Å². The van der Waals surface area contributed by atoms with Crippen LogP contribution < -0.4 is 10.6 Å². The van der Waals surface area contributed by atoms with Crippen LogP contribution in [0.25, 0.3) is 0 Å². The van der Waals surface area contributed by atoms with Gasteiger partial charge in [0.15, 0.2) is 0 Å². The van der Waals surface area contributed by atoms with E-state index in [0.29, 0.717) is 24.3 Å². The molecule has 106 valence electrons. The summed E-state index contributed by atoms with van der Waals surface area (Å²) >= 11 is 0. The third-order valence-corrected chi connectivity index (χ3v) is 3.17. The average Bonchev–Trinajstić information content (AvgIpc) is 2.56. The molecule has 21 heavy (non-hydrogen) atoms. The van der Waals surface area contributed by atoms with Gasteiger partial charge in [0.1, 0.15) is 17.7 Å². The molecule has 0 spiro atoms. The Hall–Kier alpha value is -2.83. The summed E-state index contributed by atoms with van der Waals surface area (Å²) in [6.45, 7) is 2.64. The van der Waals surface area contributed by atoms with E-state index in [9.17, 15) is 4.79 Å². The van der Waals surface area contributed by atoms with Gasteiger partial charge in [0.2, 0.25) is 0 Å². The molecule has 1 aliphatic heterocycles. The predicted octanol–water partition coefficient (Wildman–Crippen LogP) is 0.809. The molecule has 1 aromatic carbocycles. The van der Waals surface area contributed by atoms with E-state index in [1.807, 2.05) is 6.07 Å². The minimum atomic E-state index is -0.291. The SMILES string of the molecule is N#C/C(=C/Nc1ccccc1C#N)C(=O)N1CCNCC1. The molecule has 0 aliphatic carbocycles. The average molecular weight is 281 g/mol. The molecule has 1 heterocycles. The summed E-state index contributed by atoms with van der Waals surface area (Å²) in [7, 11) is 0. The van der Waals surface area contributed by atoms with Crippen LogP contribution in [0.2, 0.25) is 0 Å². The van der Waals surface area contributed by atoms with Crippen LogP contribution in [0.1, 0.15) is 5.56 Å². The number of amides is 1. The van der Waals surface area contributed by atoms with E-state index in [-0.39, 0.29) is 11.5 Å². The first-order valence-electron chi connectivity index (χ1n) is 6.62. The van der Waals surface area contributed by atoms with Crippen LogP contribution in [0.3, 0.4) is 0 Å². The Morgan fingerprint density at radius 1 is 1.29 bits per heavy atom. The van der Waals surface area contributed by atoms with Gasteiger partial charge < -0.3 is 15.5 Å². The first kappa shape index (κ1) is 14.6. The molecule has 0 atom stereocenters. The number of hydrogen-bond acceptors (Lipinski definition) is 5. The maximum absolute atomic E-state index is 12.2. The van der Waals surface area contributed by atoms with Crippen molar-refractivity contribution in [2.24, 2.45) is 0 Å². The number of carbonyl (C=O) groups excluding carboxylic acids is 1. The Morgan fingerprint density at radius 2 is 2.00 bits per heavy atom. The van der Waals surface area contributed by atoms with Gasteiger partial charge in [0.05, 0.1) is 11.3 Å². The smallest absolute Gasteiger partial charge is 0.266 e. The minimum Gasteiger partial charge on any atom is -0.359 e. The lowest BCUT2D eigenvalue weighted by Crippen LogP contribution is -2.46. The highest BCUT2D eigenvalue weighted by Crippen LogP contribution is 2.14. The Labute approximate surface area is 123 Å². The highest BCUT2D eigenvalue weighted by atomic mass is 16.2. The first-order chi connectivity index (χ1) is 10.3. The Kier molecular flexibility index (Phi) is 4.92. The van der Waals surface area contributed by atoms with Gasteiger partial charge in [-0.2, -0.15) is 10.5 Å². The summed E-state index contributed by atoms with van der Waals surface area (Å²) in [6.07, 6.45) is 1.36. The van der Waals surface area contributed by atoms with Crippen LogP contribution in [0.5, 0.6) is 0 Å². The number of hydrogen-bond donors (Lipinski definition) is 2. The van der Waals surface area contributed by atoms with Crippen LogP contribution in [0, 0.1) is 22.7 Å². The number of rotatable bonds is 3. The van der Waals surface area contributed by atoms with E-state index in [4.69, 9.17) is 10.5 Å². The highest BCUT2D eigenvalue weighted by molar-refractivity contribution is 5.97. The molecule has 1 aliphatic rings. The molecule has 6 heteroatoms. The fourth-order valence-electron chi connectivity index (χ4n) is 2.04. The molecule has 1 saturated heterocycles. The zero-order valence-corrected chi connectivity index (χ0v) is 11.5. The molecule has 1 aromatic rings. The molecule has 0 bridgehead atoms. The van der Waals surface area contributed by atoms with Crippen molar-refractivity contribution in [1.82, 2.24) is 10.2 Å². The monoisotopic (exact) mass is 281 g/mol. The van der Waals surface area contributed by atoms with Crippen LogP contribution in [-0.2, 0) is 4.79 Å². The van der Waals surface area contributed by atoms with Crippen LogP contribution in [0.4, 0.5) is 5.69 Å². The highest BCUT2D eigenvalue weighted by Gasteiger charge is 2.19. The number of nitrogens with one attached hydrogen (secondary N) is 2. The molecule has 0 radical (unpaired) electrons. The second-order valence-electron chi connectivity index (χ2n) is 4.51. The summed E-state index contributed by atoms with van der Waals surface area (Å²) in [5.74, 6) is -0.291. The second kappa shape index (κ2) is 7.09. The van der Waals surface area contributed by atoms with Gasteiger partial charge in [-0.1, -0.05) is 12.1 Å². The lowest BCUT2D eigenvalue weighted by atomic mass is 10.2. The molecular weight excluding hydrogens is 266 g/mol. The number of para-hydroxylation sites is 1. The van der Waals surface area contributed by atoms with Gasteiger partial charge in [0, 0.05) is 32.4 Å². The van der Waals surface area contributed by atoms with Crippen molar-refractivity contribution in [3.05, 3.63) is 41.6 Å². The van der Waals surface area contributed by atoms with Crippen LogP contribution in [-0.4, -0.2) is 37.0 Å². The molecule has 2 rings (SSSR count). The lowest BCUT2D eigenvalue weighted by molar-refractivity contribution is -0.127. The Morgan fingerprint density at radius 3 is 2.67 bits per heavy atom. The summed E-state index contributed by atoms with van der Waals surface area (Å²) < 4.78 is 0. The zero-order chi connectivity index (χ0) is 15.1. The topological polar surface area (TPSA) is 92.0 Å². The van der Waals surface area contributed by atoms with Crippen molar-refractivity contribution >= 4 is 11.6 Å². The second-order valence-corrected chi connectivity index (χ2v) is 4.51. The number of nitrogens with zero attached hydrogens (tertiary/aromatic N) is 3. The number of piperazine rings is 1. The Balaban J connectivity index is 2.12. The van der Waals surface area contributed by atoms with Gasteiger partial charge >= 0.3 is 0 Å². The number of carbonyl (C=O) groups is 1. The number of anilines is 1. The summed E-state index contributed by atoms with van der Waals surface area (Å²) in [4.78, 5) is 13.8. The van der Waals surface area contributed by atoms with Gasteiger partial charge in [-0.05, 0) is 12.1 Å². The van der Waals surface area contributed by atoms with Crippen molar-refractivity contribution < 1.29 is 4.79 Å². The summed E-state index contributed by atoms with van der Waals surface area (Å²) in [5, 5.41) is 24.2. The van der Waals surface area contributed by atoms with E-state index in [0.717, 1.165) is 13.1 Å². The standard InChI is InChI=1S/C15H15N5O/c16-9-12-3-1-2-4-14(12)19-11-13(10-17)15(21)20-7-5-18-6-8-20/h1-4,11,18-19H,5-8H2/b13-11-. The largest absolute Gasteiger partial charge is 0.359 e. The third kappa shape index (κ3) is 3.59. The number of benzene rings is 1. The van der Waals surface area contributed by atoms with Crippen molar-refractivity contribution in [3.8, 4) is 12.1 Å².